The van der Waals surface area contributed by atoms with Crippen molar-refractivity contribution in [3.63, 3.8) is 0 Å². The number of carboxylic acids is 1. The summed E-state index contributed by atoms with van der Waals surface area (Å²) < 4.78 is 20.9. The highest BCUT2D eigenvalue weighted by atomic mass is 16.7. The van der Waals surface area contributed by atoms with Crippen LogP contribution in [0.3, 0.4) is 0 Å². The Morgan fingerprint density at radius 2 is 1.64 bits per heavy atom. The Bertz CT molecular complexity index is 591. The Balaban J connectivity index is 2.36. The minimum Gasteiger partial charge on any atom is -0.493 e. The van der Waals surface area contributed by atoms with Gasteiger partial charge in [0, 0.05) is 0 Å². The molecule has 1 fully saturated rings. The second-order valence-corrected chi connectivity index (χ2v) is 5.33. The fraction of sp³-hybridized carbons (Fsp3) is 0.533. The molecule has 0 amide bonds. The van der Waals surface area contributed by atoms with Crippen molar-refractivity contribution in [2.45, 2.75) is 30.7 Å². The smallest absolute Gasteiger partial charge is 0.335 e. The van der Waals surface area contributed by atoms with Gasteiger partial charge in [0.05, 0.1) is 26.4 Å². The minimum absolute atomic E-state index is 0.00582. The van der Waals surface area contributed by atoms with Gasteiger partial charge in [-0.3, -0.25) is 0 Å². The first-order valence-electron chi connectivity index (χ1n) is 7.30. The van der Waals surface area contributed by atoms with E-state index in [1.807, 2.05) is 0 Å². The maximum atomic E-state index is 11.1. The highest BCUT2D eigenvalue weighted by Crippen LogP contribution is 2.40. The molecule has 0 aliphatic carbocycles. The van der Waals surface area contributed by atoms with Crippen LogP contribution in [0.15, 0.2) is 12.1 Å². The number of rotatable bonds is 6. The first-order valence-corrected chi connectivity index (χ1v) is 7.30. The highest BCUT2D eigenvalue weighted by molar-refractivity contribution is 5.89. The number of methoxy groups -OCH3 is 2. The molecule has 10 heteroatoms. The van der Waals surface area contributed by atoms with E-state index in [0.717, 1.165) is 0 Å². The van der Waals surface area contributed by atoms with E-state index in [2.05, 4.69) is 0 Å². The van der Waals surface area contributed by atoms with Crippen LogP contribution in [0.4, 0.5) is 0 Å². The number of hydrogen-bond acceptors (Lipinski definition) is 9. The number of benzene rings is 1. The van der Waals surface area contributed by atoms with Crippen molar-refractivity contribution >= 4 is 5.97 Å². The van der Waals surface area contributed by atoms with Gasteiger partial charge in [-0.25, -0.2) is 4.79 Å². The van der Waals surface area contributed by atoms with Crippen molar-refractivity contribution in [2.24, 2.45) is 0 Å². The molecule has 10 nitrogen and oxygen atoms in total. The lowest BCUT2D eigenvalue weighted by Gasteiger charge is -2.39. The van der Waals surface area contributed by atoms with Crippen LogP contribution in [-0.4, -0.2) is 83.0 Å². The van der Waals surface area contributed by atoms with Gasteiger partial charge in [0.25, 0.3) is 0 Å². The topological polar surface area (TPSA) is 155 Å². The monoisotopic (exact) mass is 360 g/mol. The van der Waals surface area contributed by atoms with E-state index >= 15 is 0 Å². The lowest BCUT2D eigenvalue weighted by Crippen LogP contribution is -2.60. The Morgan fingerprint density at radius 3 is 2.08 bits per heavy atom. The maximum Gasteiger partial charge on any atom is 0.335 e. The molecule has 0 saturated carbocycles. The summed E-state index contributed by atoms with van der Waals surface area (Å²) >= 11 is 0. The number of carboxylic acid groups (broad SMARTS) is 1. The minimum atomic E-state index is -1.63. The zero-order valence-corrected chi connectivity index (χ0v) is 13.5. The zero-order chi connectivity index (χ0) is 18.7. The predicted octanol–water partition coefficient (Wildman–Crippen LogP) is -1.42. The first-order chi connectivity index (χ1) is 11.8. The summed E-state index contributed by atoms with van der Waals surface area (Å²) in [5, 5.41) is 47.9. The lowest BCUT2D eigenvalue weighted by molar-refractivity contribution is -0.277. The Labute approximate surface area is 142 Å². The fourth-order valence-electron chi connectivity index (χ4n) is 2.40. The van der Waals surface area contributed by atoms with Crippen LogP contribution in [0.25, 0.3) is 0 Å². The molecule has 140 valence electrons. The van der Waals surface area contributed by atoms with Gasteiger partial charge in [0.15, 0.2) is 11.5 Å². The summed E-state index contributed by atoms with van der Waals surface area (Å²) in [5.41, 5.74) is -0.116. The average molecular weight is 360 g/mol. The molecular weight excluding hydrogens is 340 g/mol. The number of aliphatic hydroxyl groups is 4. The number of carbonyl (C=O) groups is 1. The van der Waals surface area contributed by atoms with Crippen LogP contribution in [0, 0.1) is 0 Å². The molecule has 25 heavy (non-hydrogen) atoms. The third-order valence-electron chi connectivity index (χ3n) is 3.79. The van der Waals surface area contributed by atoms with Crippen molar-refractivity contribution in [1.29, 1.82) is 0 Å². The number of ether oxygens (including phenoxy) is 4. The van der Waals surface area contributed by atoms with Crippen molar-refractivity contribution < 1.29 is 49.3 Å². The Kier molecular flexibility index (Phi) is 6.03. The van der Waals surface area contributed by atoms with E-state index in [0.29, 0.717) is 0 Å². The summed E-state index contributed by atoms with van der Waals surface area (Å²) in [7, 11) is 2.56. The van der Waals surface area contributed by atoms with Gasteiger partial charge in [-0.05, 0) is 12.1 Å². The van der Waals surface area contributed by atoms with E-state index in [1.165, 1.54) is 26.4 Å². The summed E-state index contributed by atoms with van der Waals surface area (Å²) in [5.74, 6) is -1.29. The average Bonchev–Trinajstić information content (AvgIpc) is 2.61. The molecule has 0 unspecified atom stereocenters. The molecule has 0 aromatic heterocycles. The van der Waals surface area contributed by atoms with Crippen LogP contribution in [0.2, 0.25) is 0 Å². The van der Waals surface area contributed by atoms with E-state index in [1.54, 1.807) is 0 Å². The number of aliphatic hydroxyl groups excluding tert-OH is 4. The normalized spacial score (nSPS) is 29.1. The molecule has 1 heterocycles. The van der Waals surface area contributed by atoms with Gasteiger partial charge in [-0.1, -0.05) is 0 Å². The second kappa shape index (κ2) is 7.85. The Morgan fingerprint density at radius 1 is 1.08 bits per heavy atom. The van der Waals surface area contributed by atoms with Gasteiger partial charge in [-0.2, -0.15) is 0 Å². The van der Waals surface area contributed by atoms with Crippen molar-refractivity contribution in [3.05, 3.63) is 17.7 Å². The van der Waals surface area contributed by atoms with Gasteiger partial charge in [-0.15, -0.1) is 0 Å². The SMILES string of the molecule is COc1cc(C(=O)O)cc(OC)c1O[C@H]1O[C@H](CO)[C@@H](O)[C@H](O)[C@H]1O. The van der Waals surface area contributed by atoms with E-state index in [-0.39, 0.29) is 22.8 Å². The number of hydrogen-bond donors (Lipinski definition) is 5. The summed E-state index contributed by atoms with van der Waals surface area (Å²) in [6, 6.07) is 2.37. The molecule has 1 aromatic rings. The Hall–Kier alpha value is -2.11. The molecule has 1 aliphatic rings. The third-order valence-corrected chi connectivity index (χ3v) is 3.79. The highest BCUT2D eigenvalue weighted by Gasteiger charge is 2.45. The van der Waals surface area contributed by atoms with Crippen LogP contribution in [0.1, 0.15) is 10.4 Å². The molecular formula is C15H20O10. The van der Waals surface area contributed by atoms with Crippen LogP contribution >= 0.6 is 0 Å². The standard InChI is InChI=1S/C15H20O10/c1-22-7-3-6(14(20)21)4-8(23-2)13(7)25-15-12(19)11(18)10(17)9(5-16)24-15/h3-4,9-12,15-19H,5H2,1-2H3,(H,20,21)/t9-,10-,11+,12-,15-/m1/s1. The van der Waals surface area contributed by atoms with Gasteiger partial charge in [0.1, 0.15) is 24.4 Å². The maximum absolute atomic E-state index is 11.1. The van der Waals surface area contributed by atoms with Crippen LogP contribution in [-0.2, 0) is 4.74 Å². The molecule has 1 saturated heterocycles. The number of aromatic carboxylic acids is 1. The molecule has 2 rings (SSSR count). The summed E-state index contributed by atoms with van der Waals surface area (Å²) in [4.78, 5) is 11.1. The van der Waals surface area contributed by atoms with Crippen LogP contribution in [0.5, 0.6) is 17.2 Å². The molecule has 5 N–H and O–H groups in total. The first kappa shape index (κ1) is 19.2. The van der Waals surface area contributed by atoms with E-state index < -0.39 is 43.3 Å². The summed E-state index contributed by atoms with van der Waals surface area (Å²) in [6.45, 7) is -0.614. The molecule has 0 spiro atoms. The molecule has 0 bridgehead atoms. The van der Waals surface area contributed by atoms with E-state index in [9.17, 15) is 25.2 Å². The molecule has 0 radical (unpaired) electrons. The van der Waals surface area contributed by atoms with Gasteiger partial charge in [0.2, 0.25) is 12.0 Å². The van der Waals surface area contributed by atoms with Crippen molar-refractivity contribution in [3.8, 4) is 17.2 Å². The quantitative estimate of drug-likeness (QED) is 0.408. The molecule has 1 aliphatic heterocycles. The van der Waals surface area contributed by atoms with E-state index in [4.69, 9.17) is 24.1 Å². The third kappa shape index (κ3) is 3.78. The zero-order valence-electron chi connectivity index (χ0n) is 13.5. The van der Waals surface area contributed by atoms with Crippen LogP contribution < -0.4 is 14.2 Å². The van der Waals surface area contributed by atoms with Crippen molar-refractivity contribution in [2.75, 3.05) is 20.8 Å². The lowest BCUT2D eigenvalue weighted by atomic mass is 9.99. The molecule has 5 atom stereocenters. The fourth-order valence-corrected chi connectivity index (χ4v) is 2.40. The predicted molar refractivity (Wildman–Crippen MR) is 80.9 cm³/mol. The van der Waals surface area contributed by atoms with Crippen molar-refractivity contribution in [1.82, 2.24) is 0 Å². The van der Waals surface area contributed by atoms with Gasteiger partial charge >= 0.3 is 5.97 Å². The molecule has 1 aromatic carbocycles. The second-order valence-electron chi connectivity index (χ2n) is 5.33. The largest absolute Gasteiger partial charge is 0.493 e. The summed E-state index contributed by atoms with van der Waals surface area (Å²) in [6.07, 6.45) is -7.40. The van der Waals surface area contributed by atoms with Gasteiger partial charge < -0.3 is 44.5 Å².